The van der Waals surface area contributed by atoms with E-state index in [0.717, 1.165) is 18.0 Å². The van der Waals surface area contributed by atoms with Crippen molar-refractivity contribution in [3.63, 3.8) is 0 Å². The molecule has 0 aliphatic heterocycles. The second-order valence-corrected chi connectivity index (χ2v) is 4.33. The summed E-state index contributed by atoms with van der Waals surface area (Å²) in [5, 5.41) is 5.64. The van der Waals surface area contributed by atoms with Crippen LogP contribution in [0.25, 0.3) is 0 Å². The Labute approximate surface area is 114 Å². The Hall–Kier alpha value is -1.26. The van der Waals surface area contributed by atoms with Crippen LogP contribution in [0.15, 0.2) is 24.3 Å². The first-order valence-electron chi connectivity index (χ1n) is 5.96. The van der Waals surface area contributed by atoms with Gasteiger partial charge in [0.25, 0.3) is 0 Å². The summed E-state index contributed by atoms with van der Waals surface area (Å²) in [5.74, 6) is 1.40. The molecule has 2 rings (SSSR count). The monoisotopic (exact) mass is 270 g/mol. The molecule has 0 bridgehead atoms. The number of carbonyl (C=O) groups excluding carboxylic acids is 1. The SMILES string of the molecule is CNCC(=O)Nc1ccccc1OCC1CC1.Cl. The van der Waals surface area contributed by atoms with Crippen LogP contribution < -0.4 is 15.4 Å². The van der Waals surface area contributed by atoms with Crippen LogP contribution in [0.1, 0.15) is 12.8 Å². The van der Waals surface area contributed by atoms with Crippen molar-refractivity contribution in [2.45, 2.75) is 12.8 Å². The number of likely N-dealkylation sites (N-methyl/N-ethyl adjacent to an activating group) is 1. The summed E-state index contributed by atoms with van der Waals surface area (Å²) in [5.41, 5.74) is 0.744. The molecular weight excluding hydrogens is 252 g/mol. The van der Waals surface area contributed by atoms with Crippen LogP contribution >= 0.6 is 12.4 Å². The molecule has 1 aromatic carbocycles. The second kappa shape index (κ2) is 7.24. The van der Waals surface area contributed by atoms with Gasteiger partial charge < -0.3 is 15.4 Å². The van der Waals surface area contributed by atoms with E-state index in [1.54, 1.807) is 7.05 Å². The highest BCUT2D eigenvalue weighted by Gasteiger charge is 2.22. The number of anilines is 1. The third-order valence-corrected chi connectivity index (χ3v) is 2.67. The lowest BCUT2D eigenvalue weighted by molar-refractivity contribution is -0.115. The molecule has 1 amide bonds. The molecular formula is C13H19ClN2O2. The molecule has 0 radical (unpaired) electrons. The summed E-state index contributed by atoms with van der Waals surface area (Å²) in [6, 6.07) is 7.54. The number of nitrogens with one attached hydrogen (secondary N) is 2. The van der Waals surface area contributed by atoms with Crippen molar-refractivity contribution >= 4 is 24.0 Å². The first-order chi connectivity index (χ1) is 8.29. The quantitative estimate of drug-likeness (QED) is 0.832. The fraction of sp³-hybridized carbons (Fsp3) is 0.462. The maximum Gasteiger partial charge on any atom is 0.238 e. The van der Waals surface area contributed by atoms with Crippen molar-refractivity contribution in [2.75, 3.05) is 25.5 Å². The summed E-state index contributed by atoms with van der Waals surface area (Å²) in [4.78, 5) is 11.5. The number of para-hydroxylation sites is 2. The maximum atomic E-state index is 11.5. The molecule has 0 saturated heterocycles. The first kappa shape index (κ1) is 14.8. The van der Waals surface area contributed by atoms with Crippen molar-refractivity contribution in [3.8, 4) is 5.75 Å². The first-order valence-corrected chi connectivity index (χ1v) is 5.96. The largest absolute Gasteiger partial charge is 0.491 e. The van der Waals surface area contributed by atoms with Gasteiger partial charge in [0.15, 0.2) is 0 Å². The topological polar surface area (TPSA) is 50.4 Å². The van der Waals surface area contributed by atoms with Crippen molar-refractivity contribution in [2.24, 2.45) is 5.92 Å². The number of amides is 1. The lowest BCUT2D eigenvalue weighted by Crippen LogP contribution is -2.25. The van der Waals surface area contributed by atoms with Gasteiger partial charge in [0.1, 0.15) is 5.75 Å². The van der Waals surface area contributed by atoms with Crippen LogP contribution in [-0.4, -0.2) is 26.1 Å². The van der Waals surface area contributed by atoms with Gasteiger partial charge in [-0.1, -0.05) is 12.1 Å². The summed E-state index contributed by atoms with van der Waals surface area (Å²) >= 11 is 0. The second-order valence-electron chi connectivity index (χ2n) is 4.33. The Bertz CT molecular complexity index is 394. The van der Waals surface area contributed by atoms with Crippen LogP contribution in [0.2, 0.25) is 0 Å². The normalized spacial score (nSPS) is 13.6. The van der Waals surface area contributed by atoms with E-state index in [1.807, 2.05) is 24.3 Å². The van der Waals surface area contributed by atoms with Gasteiger partial charge in [-0.15, -0.1) is 12.4 Å². The average molecular weight is 271 g/mol. The third kappa shape index (κ3) is 4.55. The predicted molar refractivity (Wildman–Crippen MR) is 74.5 cm³/mol. The molecule has 100 valence electrons. The number of ether oxygens (including phenoxy) is 1. The number of benzene rings is 1. The molecule has 4 nitrogen and oxygen atoms in total. The lowest BCUT2D eigenvalue weighted by atomic mass is 10.3. The van der Waals surface area contributed by atoms with E-state index >= 15 is 0 Å². The van der Waals surface area contributed by atoms with Gasteiger partial charge in [-0.25, -0.2) is 0 Å². The number of hydrogen-bond acceptors (Lipinski definition) is 3. The van der Waals surface area contributed by atoms with Gasteiger partial charge in [-0.05, 0) is 37.9 Å². The van der Waals surface area contributed by atoms with Crippen LogP contribution in [0.5, 0.6) is 5.75 Å². The number of hydrogen-bond donors (Lipinski definition) is 2. The molecule has 0 unspecified atom stereocenters. The minimum absolute atomic E-state index is 0. The highest BCUT2D eigenvalue weighted by atomic mass is 35.5. The van der Waals surface area contributed by atoms with E-state index in [1.165, 1.54) is 12.8 Å². The molecule has 0 atom stereocenters. The number of halogens is 1. The molecule has 5 heteroatoms. The van der Waals surface area contributed by atoms with Crippen molar-refractivity contribution in [1.82, 2.24) is 5.32 Å². The van der Waals surface area contributed by atoms with Crippen LogP contribution in [-0.2, 0) is 4.79 Å². The summed E-state index contributed by atoms with van der Waals surface area (Å²) in [7, 11) is 1.75. The zero-order chi connectivity index (χ0) is 12.1. The Morgan fingerprint density at radius 2 is 2.11 bits per heavy atom. The molecule has 1 aliphatic carbocycles. The van der Waals surface area contributed by atoms with E-state index in [2.05, 4.69) is 10.6 Å². The number of rotatable bonds is 6. The standard InChI is InChI=1S/C13H18N2O2.ClH/c1-14-8-13(16)15-11-4-2-3-5-12(11)17-9-10-6-7-10;/h2-5,10,14H,6-9H2,1H3,(H,15,16);1H. The molecule has 2 N–H and O–H groups in total. The smallest absolute Gasteiger partial charge is 0.238 e. The van der Waals surface area contributed by atoms with Crippen LogP contribution in [0, 0.1) is 5.92 Å². The molecule has 1 fully saturated rings. The van der Waals surface area contributed by atoms with Crippen LogP contribution in [0.3, 0.4) is 0 Å². The third-order valence-electron chi connectivity index (χ3n) is 2.67. The Balaban J connectivity index is 0.00000162. The minimum Gasteiger partial charge on any atom is -0.491 e. The molecule has 1 saturated carbocycles. The van der Waals surface area contributed by atoms with E-state index in [4.69, 9.17) is 4.74 Å². The highest BCUT2D eigenvalue weighted by Crippen LogP contribution is 2.31. The van der Waals surface area contributed by atoms with Crippen molar-refractivity contribution in [3.05, 3.63) is 24.3 Å². The van der Waals surface area contributed by atoms with Gasteiger partial charge >= 0.3 is 0 Å². The summed E-state index contributed by atoms with van der Waals surface area (Å²) < 4.78 is 5.70. The van der Waals surface area contributed by atoms with Gasteiger partial charge in [0, 0.05) is 0 Å². The van der Waals surface area contributed by atoms with Gasteiger partial charge in [0.2, 0.25) is 5.91 Å². The Kier molecular flexibility index (Phi) is 5.95. The molecule has 0 aromatic heterocycles. The number of carbonyl (C=O) groups is 1. The molecule has 1 aliphatic rings. The van der Waals surface area contributed by atoms with Gasteiger partial charge in [-0.3, -0.25) is 4.79 Å². The van der Waals surface area contributed by atoms with E-state index in [0.29, 0.717) is 12.5 Å². The summed E-state index contributed by atoms with van der Waals surface area (Å²) in [6.07, 6.45) is 2.52. The molecule has 0 spiro atoms. The van der Waals surface area contributed by atoms with Crippen LogP contribution in [0.4, 0.5) is 5.69 Å². The van der Waals surface area contributed by atoms with Gasteiger partial charge in [-0.2, -0.15) is 0 Å². The van der Waals surface area contributed by atoms with Crippen molar-refractivity contribution < 1.29 is 9.53 Å². The zero-order valence-electron chi connectivity index (χ0n) is 10.4. The van der Waals surface area contributed by atoms with E-state index in [-0.39, 0.29) is 18.3 Å². The fourth-order valence-electron chi connectivity index (χ4n) is 1.54. The van der Waals surface area contributed by atoms with E-state index in [9.17, 15) is 4.79 Å². The fourth-order valence-corrected chi connectivity index (χ4v) is 1.54. The van der Waals surface area contributed by atoms with Crippen molar-refractivity contribution in [1.29, 1.82) is 0 Å². The Morgan fingerprint density at radius 3 is 2.78 bits per heavy atom. The lowest BCUT2D eigenvalue weighted by Gasteiger charge is -2.11. The average Bonchev–Trinajstić information content (AvgIpc) is 3.12. The molecule has 0 heterocycles. The van der Waals surface area contributed by atoms with E-state index < -0.39 is 0 Å². The van der Waals surface area contributed by atoms with Gasteiger partial charge in [0.05, 0.1) is 18.8 Å². The maximum absolute atomic E-state index is 11.5. The zero-order valence-corrected chi connectivity index (χ0v) is 11.3. The Morgan fingerprint density at radius 1 is 1.39 bits per heavy atom. The molecule has 18 heavy (non-hydrogen) atoms. The highest BCUT2D eigenvalue weighted by molar-refractivity contribution is 5.93. The molecule has 1 aromatic rings. The predicted octanol–water partition coefficient (Wildman–Crippen LogP) is 2.06. The minimum atomic E-state index is -0.0602. The summed E-state index contributed by atoms with van der Waals surface area (Å²) in [6.45, 7) is 1.05.